The Kier molecular flexibility index (Phi) is 5.36. The van der Waals surface area contributed by atoms with Gasteiger partial charge in [0.15, 0.2) is 0 Å². The van der Waals surface area contributed by atoms with Crippen LogP contribution < -0.4 is 5.43 Å². The normalized spacial score (nSPS) is 11.2. The van der Waals surface area contributed by atoms with Crippen LogP contribution in [-0.4, -0.2) is 16.0 Å². The molecule has 0 aliphatic carbocycles. The van der Waals surface area contributed by atoms with Gasteiger partial charge in [-0.2, -0.15) is 10.2 Å². The molecule has 7 heteroatoms. The van der Waals surface area contributed by atoms with Crippen LogP contribution in [0.15, 0.2) is 53.6 Å². The average molecular weight is 377 g/mol. The van der Waals surface area contributed by atoms with E-state index in [9.17, 15) is 4.39 Å². The van der Waals surface area contributed by atoms with Crippen LogP contribution in [0.2, 0.25) is 10.2 Å². The number of hydrogen-bond acceptors (Lipinski definition) is 3. The molecule has 0 saturated carbocycles. The van der Waals surface area contributed by atoms with Gasteiger partial charge in [-0.3, -0.25) is 5.43 Å². The van der Waals surface area contributed by atoms with Gasteiger partial charge in [0.1, 0.15) is 11.0 Å². The number of benzene rings is 2. The molecule has 0 atom stereocenters. The van der Waals surface area contributed by atoms with Crippen LogP contribution in [0.5, 0.6) is 0 Å². The van der Waals surface area contributed by atoms with Gasteiger partial charge >= 0.3 is 0 Å². The first-order valence-corrected chi connectivity index (χ1v) is 8.30. The molecule has 4 nitrogen and oxygen atoms in total. The smallest absolute Gasteiger partial charge is 0.136 e. The summed E-state index contributed by atoms with van der Waals surface area (Å²) in [6.07, 6.45) is 1.63. The Morgan fingerprint density at radius 1 is 1.12 bits per heavy atom. The van der Waals surface area contributed by atoms with Gasteiger partial charge in [-0.25, -0.2) is 9.07 Å². The second-order valence-corrected chi connectivity index (χ2v) is 6.25. The lowest BCUT2D eigenvalue weighted by atomic mass is 10.2. The summed E-state index contributed by atoms with van der Waals surface area (Å²) in [6.45, 7) is 2.31. The Labute approximate surface area is 154 Å². The van der Waals surface area contributed by atoms with Crippen molar-refractivity contribution in [2.75, 3.05) is 5.43 Å². The van der Waals surface area contributed by atoms with Crippen LogP contribution in [0, 0.1) is 12.7 Å². The lowest BCUT2D eigenvalue weighted by Gasteiger charge is -2.03. The van der Waals surface area contributed by atoms with Crippen LogP contribution >= 0.6 is 23.2 Å². The molecule has 0 aliphatic rings. The van der Waals surface area contributed by atoms with Crippen molar-refractivity contribution in [1.29, 1.82) is 0 Å². The monoisotopic (exact) mass is 376 g/mol. The van der Waals surface area contributed by atoms with E-state index >= 15 is 0 Å². The largest absolute Gasteiger partial charge is 0.279 e. The van der Waals surface area contributed by atoms with Crippen LogP contribution in [0.4, 0.5) is 10.1 Å². The first-order valence-electron chi connectivity index (χ1n) is 7.55. The van der Waals surface area contributed by atoms with Gasteiger partial charge in [0.2, 0.25) is 0 Å². The van der Waals surface area contributed by atoms with E-state index in [-0.39, 0.29) is 5.82 Å². The van der Waals surface area contributed by atoms with E-state index in [1.165, 1.54) is 12.1 Å². The lowest BCUT2D eigenvalue weighted by Crippen LogP contribution is -2.02. The number of hydrogen-bond donors (Lipinski definition) is 1. The van der Waals surface area contributed by atoms with Gasteiger partial charge in [-0.1, -0.05) is 35.3 Å². The maximum Gasteiger partial charge on any atom is 0.136 e. The van der Waals surface area contributed by atoms with Gasteiger partial charge in [0.05, 0.1) is 29.7 Å². The minimum absolute atomic E-state index is 0.271. The van der Waals surface area contributed by atoms with Crippen LogP contribution in [0.3, 0.4) is 0 Å². The Balaban J connectivity index is 1.73. The topological polar surface area (TPSA) is 42.2 Å². The number of nitrogens with zero attached hydrogens (tertiary/aromatic N) is 3. The summed E-state index contributed by atoms with van der Waals surface area (Å²) in [5, 5.41) is 9.75. The van der Waals surface area contributed by atoms with Crippen molar-refractivity contribution in [3.63, 3.8) is 0 Å². The fourth-order valence-corrected chi connectivity index (χ4v) is 2.69. The number of halogens is 3. The highest BCUT2D eigenvalue weighted by Crippen LogP contribution is 2.20. The molecule has 0 fully saturated rings. The molecule has 0 aliphatic heterocycles. The van der Waals surface area contributed by atoms with Gasteiger partial charge in [0, 0.05) is 5.02 Å². The predicted octanol–water partition coefficient (Wildman–Crippen LogP) is 5.13. The summed E-state index contributed by atoms with van der Waals surface area (Å²) >= 11 is 12.2. The number of aryl methyl sites for hydroxylation is 1. The highest BCUT2D eigenvalue weighted by molar-refractivity contribution is 6.32. The third-order valence-corrected chi connectivity index (χ3v) is 4.24. The number of hydrazone groups is 1. The van der Waals surface area contributed by atoms with Crippen molar-refractivity contribution < 1.29 is 4.39 Å². The van der Waals surface area contributed by atoms with Gasteiger partial charge in [-0.05, 0) is 48.9 Å². The summed E-state index contributed by atoms with van der Waals surface area (Å²) in [5.74, 6) is -0.271. The summed E-state index contributed by atoms with van der Waals surface area (Å²) in [7, 11) is 0. The molecule has 25 heavy (non-hydrogen) atoms. The zero-order chi connectivity index (χ0) is 17.8. The van der Waals surface area contributed by atoms with E-state index in [0.29, 0.717) is 16.7 Å². The van der Waals surface area contributed by atoms with Crippen molar-refractivity contribution >= 4 is 35.1 Å². The number of nitrogens with one attached hydrogen (secondary N) is 1. The maximum atomic E-state index is 13.0. The highest BCUT2D eigenvalue weighted by Gasteiger charge is 2.12. The Morgan fingerprint density at radius 2 is 1.80 bits per heavy atom. The fraction of sp³-hybridized carbons (Fsp3) is 0.111. The van der Waals surface area contributed by atoms with E-state index in [4.69, 9.17) is 23.2 Å². The highest BCUT2D eigenvalue weighted by atomic mass is 35.5. The molecule has 1 heterocycles. The molecular weight excluding hydrogens is 362 g/mol. The number of anilines is 1. The third-order valence-electron chi connectivity index (χ3n) is 3.59. The molecule has 0 amide bonds. The van der Waals surface area contributed by atoms with E-state index in [2.05, 4.69) is 15.6 Å². The molecule has 0 spiro atoms. The maximum absolute atomic E-state index is 13.0. The zero-order valence-electron chi connectivity index (χ0n) is 13.4. The van der Waals surface area contributed by atoms with Gasteiger partial charge < -0.3 is 0 Å². The van der Waals surface area contributed by atoms with E-state index in [1.807, 2.05) is 19.1 Å². The molecule has 3 rings (SSSR count). The Morgan fingerprint density at radius 3 is 2.48 bits per heavy atom. The van der Waals surface area contributed by atoms with Crippen molar-refractivity contribution in [2.45, 2.75) is 13.5 Å². The Hall–Kier alpha value is -2.37. The quantitative estimate of drug-likeness (QED) is 0.495. The molecule has 1 N–H and O–H groups in total. The minimum Gasteiger partial charge on any atom is -0.279 e. The second kappa shape index (κ2) is 7.68. The van der Waals surface area contributed by atoms with E-state index < -0.39 is 0 Å². The SMILES string of the molecule is Cc1nn(Cc2ccc(F)cc2)c(Cl)c1/C=N\Nc1ccc(Cl)cc1. The Bertz CT molecular complexity index is 887. The summed E-state index contributed by atoms with van der Waals surface area (Å²) in [5.41, 5.74) is 6.12. The van der Waals surface area contributed by atoms with E-state index in [0.717, 1.165) is 22.5 Å². The first kappa shape index (κ1) is 17.5. The van der Waals surface area contributed by atoms with Crippen LogP contribution in [0.25, 0.3) is 0 Å². The van der Waals surface area contributed by atoms with E-state index in [1.54, 1.807) is 35.2 Å². The standard InChI is InChI=1S/C18H15Cl2FN4/c1-12-17(10-22-23-16-8-4-14(19)5-9-16)18(20)25(24-12)11-13-2-6-15(21)7-3-13/h2-10,23H,11H2,1H3/b22-10-. The molecule has 0 unspecified atom stereocenters. The molecule has 2 aromatic carbocycles. The third kappa shape index (κ3) is 4.38. The van der Waals surface area contributed by atoms with Crippen LogP contribution in [-0.2, 0) is 6.54 Å². The van der Waals surface area contributed by atoms with Crippen molar-refractivity contribution in [2.24, 2.45) is 5.10 Å². The van der Waals surface area contributed by atoms with Gasteiger partial charge in [0.25, 0.3) is 0 Å². The summed E-state index contributed by atoms with van der Waals surface area (Å²) < 4.78 is 14.7. The first-order chi connectivity index (χ1) is 12.0. The minimum atomic E-state index is -0.271. The van der Waals surface area contributed by atoms with Crippen molar-refractivity contribution in [3.8, 4) is 0 Å². The van der Waals surface area contributed by atoms with Crippen molar-refractivity contribution in [1.82, 2.24) is 9.78 Å². The molecule has 0 bridgehead atoms. The fourth-order valence-electron chi connectivity index (χ4n) is 2.28. The number of aromatic nitrogens is 2. The summed E-state index contributed by atoms with van der Waals surface area (Å²) in [4.78, 5) is 0. The predicted molar refractivity (Wildman–Crippen MR) is 100 cm³/mol. The molecule has 0 saturated heterocycles. The van der Waals surface area contributed by atoms with Crippen LogP contribution in [0.1, 0.15) is 16.8 Å². The molecule has 128 valence electrons. The molecule has 0 radical (unpaired) electrons. The second-order valence-electron chi connectivity index (χ2n) is 5.45. The molecule has 1 aromatic heterocycles. The molecule has 3 aromatic rings. The molecular formula is C18H15Cl2FN4. The zero-order valence-corrected chi connectivity index (χ0v) is 14.9. The lowest BCUT2D eigenvalue weighted by molar-refractivity contribution is 0.624. The average Bonchev–Trinajstić information content (AvgIpc) is 2.86. The van der Waals surface area contributed by atoms with Crippen molar-refractivity contribution in [3.05, 3.63) is 81.3 Å². The van der Waals surface area contributed by atoms with Gasteiger partial charge in [-0.15, -0.1) is 0 Å². The number of rotatable bonds is 5. The summed E-state index contributed by atoms with van der Waals surface area (Å²) in [6, 6.07) is 13.4.